The number of fused-ring (bicyclic) bond motifs is 1. The highest BCUT2D eigenvalue weighted by atomic mass is 16.5. The van der Waals surface area contributed by atoms with Crippen LogP contribution in [0, 0.1) is 0 Å². The van der Waals surface area contributed by atoms with E-state index in [1.807, 2.05) is 6.92 Å². The summed E-state index contributed by atoms with van der Waals surface area (Å²) in [5, 5.41) is 5.78. The number of ether oxygens (including phenoxy) is 2. The summed E-state index contributed by atoms with van der Waals surface area (Å²) in [6.07, 6.45) is 2.43. The quantitative estimate of drug-likeness (QED) is 0.594. The molecule has 2 heterocycles. The Balaban J connectivity index is 1.87. The molecular formula is C20H23N3O5. The molecule has 1 atom stereocenters. The first-order valence-electron chi connectivity index (χ1n) is 9.12. The van der Waals surface area contributed by atoms with Crippen molar-refractivity contribution in [3.05, 3.63) is 47.4 Å². The number of benzene rings is 1. The number of nitrogens with zero attached hydrogens (tertiary/aromatic N) is 1. The van der Waals surface area contributed by atoms with Crippen molar-refractivity contribution in [2.24, 2.45) is 0 Å². The lowest BCUT2D eigenvalue weighted by molar-refractivity contribution is -0.142. The van der Waals surface area contributed by atoms with Crippen LogP contribution in [0.3, 0.4) is 0 Å². The maximum absolute atomic E-state index is 12.8. The third kappa shape index (κ3) is 3.71. The molecule has 0 saturated heterocycles. The van der Waals surface area contributed by atoms with Crippen molar-refractivity contribution in [3.8, 4) is 5.75 Å². The smallest absolute Gasteiger partial charge is 0.345 e. The molecule has 1 aromatic carbocycles. The Morgan fingerprint density at radius 2 is 2.00 bits per heavy atom. The van der Waals surface area contributed by atoms with Gasteiger partial charge in [0, 0.05) is 17.9 Å². The van der Waals surface area contributed by atoms with Crippen molar-refractivity contribution in [2.75, 3.05) is 19.0 Å². The Morgan fingerprint density at radius 3 is 2.64 bits per heavy atom. The molecule has 0 fully saturated rings. The lowest BCUT2D eigenvalue weighted by Crippen LogP contribution is -2.50. The highest BCUT2D eigenvalue weighted by Crippen LogP contribution is 2.30. The molecular weight excluding hydrogens is 362 g/mol. The van der Waals surface area contributed by atoms with Crippen molar-refractivity contribution >= 4 is 23.5 Å². The van der Waals surface area contributed by atoms with Gasteiger partial charge in [-0.3, -0.25) is 14.5 Å². The van der Waals surface area contributed by atoms with Crippen LogP contribution >= 0.6 is 0 Å². The second-order valence-electron chi connectivity index (χ2n) is 6.50. The fourth-order valence-electron chi connectivity index (χ4n) is 3.21. The summed E-state index contributed by atoms with van der Waals surface area (Å²) < 4.78 is 10.0. The number of amides is 2. The lowest BCUT2D eigenvalue weighted by Gasteiger charge is -2.39. The number of carbonyl (C=O) groups is 3. The van der Waals surface area contributed by atoms with Gasteiger partial charge in [0.2, 0.25) is 0 Å². The molecule has 0 saturated carbocycles. The molecule has 0 spiro atoms. The third-order valence-electron chi connectivity index (χ3n) is 4.70. The van der Waals surface area contributed by atoms with Gasteiger partial charge in [-0.15, -0.1) is 0 Å². The van der Waals surface area contributed by atoms with Crippen LogP contribution < -0.4 is 15.4 Å². The zero-order valence-corrected chi connectivity index (χ0v) is 16.1. The average Bonchev–Trinajstić information content (AvgIpc) is 2.69. The van der Waals surface area contributed by atoms with Crippen LogP contribution in [0.2, 0.25) is 0 Å². The van der Waals surface area contributed by atoms with Crippen LogP contribution in [0.25, 0.3) is 0 Å². The van der Waals surface area contributed by atoms with Crippen LogP contribution in [-0.2, 0) is 19.1 Å². The molecule has 8 heteroatoms. The Bertz CT molecular complexity index is 857. The summed E-state index contributed by atoms with van der Waals surface area (Å²) in [4.78, 5) is 39.1. The van der Waals surface area contributed by atoms with Gasteiger partial charge >= 0.3 is 5.97 Å². The standard InChI is InChI=1S/C20H23N3O5/c1-4-28-20(26)16-11-21-17-15(10-5-12(2)23(17)19(16)25)18(24)22-13-6-8-14(27-3)9-7-13/h6-9,11-12,21H,4-5,10H2,1-3H3,(H,22,24). The van der Waals surface area contributed by atoms with Gasteiger partial charge in [-0.2, -0.15) is 0 Å². The highest BCUT2D eigenvalue weighted by molar-refractivity contribution is 6.18. The molecule has 148 valence electrons. The topological polar surface area (TPSA) is 97.0 Å². The van der Waals surface area contributed by atoms with Crippen molar-refractivity contribution in [2.45, 2.75) is 32.7 Å². The summed E-state index contributed by atoms with van der Waals surface area (Å²) in [6.45, 7) is 3.73. The molecule has 3 rings (SSSR count). The van der Waals surface area contributed by atoms with Gasteiger partial charge in [-0.1, -0.05) is 0 Å². The van der Waals surface area contributed by atoms with Crippen molar-refractivity contribution in [3.63, 3.8) is 0 Å². The second-order valence-corrected chi connectivity index (χ2v) is 6.50. The zero-order valence-electron chi connectivity index (χ0n) is 16.1. The Kier molecular flexibility index (Phi) is 5.67. The highest BCUT2D eigenvalue weighted by Gasteiger charge is 2.39. The molecule has 0 aliphatic carbocycles. The van der Waals surface area contributed by atoms with E-state index < -0.39 is 11.9 Å². The molecule has 0 radical (unpaired) electrons. The first-order chi connectivity index (χ1) is 13.5. The molecule has 28 heavy (non-hydrogen) atoms. The minimum atomic E-state index is -0.680. The van der Waals surface area contributed by atoms with Gasteiger partial charge in [0.25, 0.3) is 11.8 Å². The van der Waals surface area contributed by atoms with Crippen LogP contribution in [0.4, 0.5) is 5.69 Å². The van der Waals surface area contributed by atoms with Crippen LogP contribution in [-0.4, -0.2) is 42.4 Å². The Hall–Kier alpha value is -3.29. The molecule has 8 nitrogen and oxygen atoms in total. The van der Waals surface area contributed by atoms with E-state index in [1.165, 1.54) is 11.1 Å². The fraction of sp³-hybridized carbons (Fsp3) is 0.350. The van der Waals surface area contributed by atoms with Gasteiger partial charge in [0.1, 0.15) is 17.1 Å². The predicted molar refractivity (Wildman–Crippen MR) is 102 cm³/mol. The molecule has 2 aliphatic heterocycles. The number of esters is 1. The molecule has 2 aliphatic rings. The summed E-state index contributed by atoms with van der Waals surface area (Å²) in [5.41, 5.74) is 1.00. The molecule has 1 aromatic rings. The van der Waals surface area contributed by atoms with E-state index in [9.17, 15) is 14.4 Å². The minimum Gasteiger partial charge on any atom is -0.497 e. The molecule has 2 amide bonds. The number of methoxy groups -OCH3 is 1. The normalized spacial score (nSPS) is 18.7. The number of carbonyl (C=O) groups excluding carboxylic acids is 3. The molecule has 0 aromatic heterocycles. The number of hydrogen-bond acceptors (Lipinski definition) is 6. The van der Waals surface area contributed by atoms with E-state index >= 15 is 0 Å². The van der Waals surface area contributed by atoms with Crippen molar-refractivity contribution in [1.29, 1.82) is 0 Å². The monoisotopic (exact) mass is 385 g/mol. The maximum atomic E-state index is 12.8. The van der Waals surface area contributed by atoms with E-state index in [4.69, 9.17) is 9.47 Å². The fourth-order valence-corrected chi connectivity index (χ4v) is 3.21. The summed E-state index contributed by atoms with van der Waals surface area (Å²) >= 11 is 0. The average molecular weight is 385 g/mol. The van der Waals surface area contributed by atoms with Crippen molar-refractivity contribution < 1.29 is 23.9 Å². The summed E-state index contributed by atoms with van der Waals surface area (Å²) in [6, 6.07) is 6.83. The van der Waals surface area contributed by atoms with Crippen LogP contribution in [0.5, 0.6) is 5.75 Å². The van der Waals surface area contributed by atoms with E-state index in [1.54, 1.807) is 38.3 Å². The molecule has 1 unspecified atom stereocenters. The van der Waals surface area contributed by atoms with Gasteiger partial charge in [0.15, 0.2) is 0 Å². The van der Waals surface area contributed by atoms with E-state index in [2.05, 4.69) is 10.6 Å². The van der Waals surface area contributed by atoms with Gasteiger partial charge in [-0.05, 0) is 51.0 Å². The van der Waals surface area contributed by atoms with E-state index in [-0.39, 0.29) is 24.1 Å². The predicted octanol–water partition coefficient (Wildman–Crippen LogP) is 1.91. The van der Waals surface area contributed by atoms with Gasteiger partial charge in [0.05, 0.1) is 19.3 Å². The maximum Gasteiger partial charge on any atom is 0.345 e. The lowest BCUT2D eigenvalue weighted by atomic mass is 9.96. The summed E-state index contributed by atoms with van der Waals surface area (Å²) in [5.74, 6) is -0.350. The third-order valence-corrected chi connectivity index (χ3v) is 4.70. The minimum absolute atomic E-state index is 0.0748. The first-order valence-corrected chi connectivity index (χ1v) is 9.12. The number of anilines is 1. The van der Waals surface area contributed by atoms with E-state index in [0.717, 1.165) is 0 Å². The molecule has 2 N–H and O–H groups in total. The number of hydrogen-bond donors (Lipinski definition) is 2. The number of rotatable bonds is 5. The van der Waals surface area contributed by atoms with Crippen molar-refractivity contribution in [1.82, 2.24) is 10.2 Å². The Morgan fingerprint density at radius 1 is 1.29 bits per heavy atom. The van der Waals surface area contributed by atoms with Crippen LogP contribution in [0.1, 0.15) is 26.7 Å². The van der Waals surface area contributed by atoms with Gasteiger partial charge < -0.3 is 20.1 Å². The Labute approximate surface area is 163 Å². The summed E-state index contributed by atoms with van der Waals surface area (Å²) in [7, 11) is 1.57. The number of nitrogens with one attached hydrogen (secondary N) is 2. The SMILES string of the molecule is CCOC(=O)C1=CNC2=C(C(=O)Nc3ccc(OC)cc3)CCC(C)N2C1=O. The van der Waals surface area contributed by atoms with Gasteiger partial charge in [-0.25, -0.2) is 4.79 Å². The molecule has 0 bridgehead atoms. The largest absolute Gasteiger partial charge is 0.497 e. The zero-order chi connectivity index (χ0) is 20.3. The first kappa shape index (κ1) is 19.5. The second kappa shape index (κ2) is 8.16. The van der Waals surface area contributed by atoms with E-state index in [0.29, 0.717) is 35.7 Å². The van der Waals surface area contributed by atoms with Crippen LogP contribution in [0.15, 0.2) is 47.4 Å².